The summed E-state index contributed by atoms with van der Waals surface area (Å²) in [6.45, 7) is 1.19. The van der Waals surface area contributed by atoms with Crippen LogP contribution in [0.4, 0.5) is 0 Å². The summed E-state index contributed by atoms with van der Waals surface area (Å²) in [6, 6.07) is 0. The average molecular weight is 155 g/mol. The van der Waals surface area contributed by atoms with E-state index in [4.69, 9.17) is 11.5 Å². The van der Waals surface area contributed by atoms with E-state index >= 15 is 0 Å². The molecule has 0 saturated heterocycles. The number of hydrogen-bond acceptors (Lipinski definition) is 2. The van der Waals surface area contributed by atoms with Crippen molar-refractivity contribution < 1.29 is 16.5 Å². The molecule has 0 fully saturated rings. The molecule has 0 spiro atoms. The second-order valence-electron chi connectivity index (χ2n) is 0.577. The molecule has 4 N–H and O–H groups in total. The Labute approximate surface area is 54.0 Å². The third-order valence-corrected chi connectivity index (χ3v) is 0.167. The normalized spacial score (nSPS) is 5.00. The van der Waals surface area contributed by atoms with E-state index in [1.807, 2.05) is 0 Å². The van der Waals surface area contributed by atoms with Gasteiger partial charge in [-0.15, -0.1) is 12.4 Å². The van der Waals surface area contributed by atoms with Gasteiger partial charge in [-0.2, -0.15) is 0 Å². The topological polar surface area (TPSA) is 52.0 Å². The molecule has 0 atom stereocenters. The number of rotatable bonds is 1. The molecule has 0 aromatic heterocycles. The molecule has 0 aliphatic carbocycles. The van der Waals surface area contributed by atoms with Crippen molar-refractivity contribution >= 4 is 12.4 Å². The van der Waals surface area contributed by atoms with Crippen LogP contribution in [0, 0.1) is 0 Å². The van der Waals surface area contributed by atoms with E-state index in [0.717, 1.165) is 0 Å². The summed E-state index contributed by atoms with van der Waals surface area (Å²) >= 11 is 0. The second-order valence-corrected chi connectivity index (χ2v) is 0.577. The van der Waals surface area contributed by atoms with Gasteiger partial charge in [0.15, 0.2) is 0 Å². The first kappa shape index (κ1) is 15.9. The van der Waals surface area contributed by atoms with Crippen molar-refractivity contribution in [3.63, 3.8) is 0 Å². The van der Waals surface area contributed by atoms with Crippen molar-refractivity contribution in [2.45, 2.75) is 0 Å². The van der Waals surface area contributed by atoms with Gasteiger partial charge in [0.2, 0.25) is 0 Å². The Balaban J connectivity index is -0.0000000450. The summed E-state index contributed by atoms with van der Waals surface area (Å²) in [5.74, 6) is 0. The Morgan fingerprint density at radius 2 is 1.17 bits per heavy atom. The number of halogens is 1. The Morgan fingerprint density at radius 3 is 1.17 bits per heavy atom. The second kappa shape index (κ2) is 17.3. The van der Waals surface area contributed by atoms with E-state index in [1.165, 1.54) is 0 Å². The molecule has 0 heterocycles. The largest absolute Gasteiger partial charge is 0.329 e. The van der Waals surface area contributed by atoms with Gasteiger partial charge in [0, 0.05) is 29.6 Å². The molecule has 4 heteroatoms. The molecule has 0 aromatic rings. The van der Waals surface area contributed by atoms with E-state index in [-0.39, 0.29) is 28.9 Å². The van der Waals surface area contributed by atoms with Crippen LogP contribution in [-0.4, -0.2) is 13.1 Å². The zero-order valence-electron chi connectivity index (χ0n) is 3.29. The molecular formula is C2H9ClN2Ni. The predicted octanol–water partition coefficient (Wildman–Crippen LogP) is -0.677. The molecule has 0 aliphatic heterocycles. The maximum atomic E-state index is 4.90. The van der Waals surface area contributed by atoms with Crippen molar-refractivity contribution in [2.75, 3.05) is 13.1 Å². The molecule has 0 saturated carbocycles. The molecule has 0 aromatic carbocycles. The Bertz CT molecular complexity index is 13.5. The van der Waals surface area contributed by atoms with E-state index in [0.29, 0.717) is 13.1 Å². The number of nitrogens with two attached hydrogens (primary N) is 2. The summed E-state index contributed by atoms with van der Waals surface area (Å²) in [5, 5.41) is 0. The fourth-order valence-corrected chi connectivity index (χ4v) is 0. The molecule has 0 amide bonds. The van der Waals surface area contributed by atoms with Gasteiger partial charge in [-0.05, 0) is 0 Å². The molecule has 0 rings (SSSR count). The summed E-state index contributed by atoms with van der Waals surface area (Å²) in [4.78, 5) is 0. The van der Waals surface area contributed by atoms with Crippen molar-refractivity contribution in [1.82, 2.24) is 0 Å². The Hall–Kier alpha value is 0.704. The smallest absolute Gasteiger partial charge is 0.00461 e. The molecule has 0 bridgehead atoms. The van der Waals surface area contributed by atoms with Gasteiger partial charge in [-0.25, -0.2) is 0 Å². The van der Waals surface area contributed by atoms with Crippen molar-refractivity contribution in [1.29, 1.82) is 0 Å². The van der Waals surface area contributed by atoms with Crippen LogP contribution in [0.5, 0.6) is 0 Å². The average Bonchev–Trinajstić information content (AvgIpc) is 1.37. The van der Waals surface area contributed by atoms with Crippen LogP contribution in [0.2, 0.25) is 0 Å². The van der Waals surface area contributed by atoms with E-state index in [9.17, 15) is 0 Å². The molecular weight excluding hydrogens is 146 g/mol. The van der Waals surface area contributed by atoms with Crippen LogP contribution in [0.3, 0.4) is 0 Å². The van der Waals surface area contributed by atoms with Crippen LogP contribution in [0.1, 0.15) is 0 Å². The SMILES string of the molecule is Cl.NCCN.[Ni]. The van der Waals surface area contributed by atoms with Gasteiger partial charge in [0.25, 0.3) is 0 Å². The first-order valence-corrected chi connectivity index (χ1v) is 1.32. The molecule has 44 valence electrons. The zero-order valence-corrected chi connectivity index (χ0v) is 5.10. The van der Waals surface area contributed by atoms with Crippen LogP contribution in [-0.2, 0) is 16.5 Å². The van der Waals surface area contributed by atoms with Crippen molar-refractivity contribution in [2.24, 2.45) is 11.5 Å². The summed E-state index contributed by atoms with van der Waals surface area (Å²) in [7, 11) is 0. The number of hydrogen-bond donors (Lipinski definition) is 2. The summed E-state index contributed by atoms with van der Waals surface area (Å²) < 4.78 is 0. The summed E-state index contributed by atoms with van der Waals surface area (Å²) in [5.41, 5.74) is 9.81. The van der Waals surface area contributed by atoms with Gasteiger partial charge in [0.1, 0.15) is 0 Å². The van der Waals surface area contributed by atoms with Gasteiger partial charge < -0.3 is 11.5 Å². The molecule has 0 aliphatic rings. The van der Waals surface area contributed by atoms with Crippen molar-refractivity contribution in [3.05, 3.63) is 0 Å². The van der Waals surface area contributed by atoms with Crippen molar-refractivity contribution in [3.8, 4) is 0 Å². The minimum absolute atomic E-state index is 0. The predicted molar refractivity (Wildman–Crippen MR) is 25.4 cm³/mol. The Morgan fingerprint density at radius 1 is 1.00 bits per heavy atom. The zero-order chi connectivity index (χ0) is 3.41. The Kier molecular flexibility index (Phi) is 45.7. The molecule has 2 nitrogen and oxygen atoms in total. The standard InChI is InChI=1S/C2H8N2.ClH.Ni/c3-1-2-4;;/h1-4H2;1H;. The monoisotopic (exact) mass is 154 g/mol. The van der Waals surface area contributed by atoms with Crippen LogP contribution >= 0.6 is 12.4 Å². The first-order valence-electron chi connectivity index (χ1n) is 1.32. The first-order chi connectivity index (χ1) is 1.91. The van der Waals surface area contributed by atoms with Crippen LogP contribution in [0.15, 0.2) is 0 Å². The van der Waals surface area contributed by atoms with Crippen LogP contribution in [0.25, 0.3) is 0 Å². The third kappa shape index (κ3) is 22.2. The van der Waals surface area contributed by atoms with E-state index in [2.05, 4.69) is 0 Å². The third-order valence-electron chi connectivity index (χ3n) is 0.167. The molecule has 0 unspecified atom stereocenters. The van der Waals surface area contributed by atoms with Gasteiger partial charge in [0.05, 0.1) is 0 Å². The van der Waals surface area contributed by atoms with E-state index < -0.39 is 0 Å². The fourth-order valence-electron chi connectivity index (χ4n) is 0. The maximum Gasteiger partial charge on any atom is 0.00461 e. The maximum absolute atomic E-state index is 4.90. The van der Waals surface area contributed by atoms with Crippen LogP contribution < -0.4 is 11.5 Å². The minimum atomic E-state index is 0. The van der Waals surface area contributed by atoms with Gasteiger partial charge >= 0.3 is 0 Å². The summed E-state index contributed by atoms with van der Waals surface area (Å²) in [6.07, 6.45) is 0. The van der Waals surface area contributed by atoms with Gasteiger partial charge in [-0.3, -0.25) is 0 Å². The fraction of sp³-hybridized carbons (Fsp3) is 1.00. The van der Waals surface area contributed by atoms with E-state index in [1.54, 1.807) is 0 Å². The minimum Gasteiger partial charge on any atom is -0.329 e. The molecule has 0 radical (unpaired) electrons. The molecule has 6 heavy (non-hydrogen) atoms. The van der Waals surface area contributed by atoms with Gasteiger partial charge in [-0.1, -0.05) is 0 Å². The quantitative estimate of drug-likeness (QED) is 0.493.